The van der Waals surface area contributed by atoms with Crippen LogP contribution in [-0.2, 0) is 34.3 Å². The molecule has 106 valence electrons. The predicted molar refractivity (Wildman–Crippen MR) is 54.7 cm³/mol. The third-order valence-electron chi connectivity index (χ3n) is 0.401. The van der Waals surface area contributed by atoms with E-state index in [1.807, 2.05) is 0 Å². The second kappa shape index (κ2) is 10.1. The number of carbonyl (C=O) groups is 1. The van der Waals surface area contributed by atoms with E-state index in [0.717, 1.165) is 6.08 Å². The molecule has 0 fully saturated rings. The van der Waals surface area contributed by atoms with Crippen molar-refractivity contribution in [2.45, 2.75) is 0 Å². The van der Waals surface area contributed by atoms with Crippen molar-refractivity contribution in [3.8, 4) is 0 Å². The van der Waals surface area contributed by atoms with Gasteiger partial charge in [-0.15, -0.1) is 0 Å². The highest BCUT2D eigenvalue weighted by Crippen LogP contribution is 1.92. The Bertz CT molecular complexity index is 379. The zero-order valence-corrected chi connectivity index (χ0v) is 9.98. The van der Waals surface area contributed by atoms with Crippen molar-refractivity contribution in [3.05, 3.63) is 12.7 Å². The number of amides is 1. The topological polar surface area (TPSA) is 240 Å². The Kier molecular flexibility index (Phi) is 14.7. The molecule has 0 aromatic heterocycles. The maximum atomic E-state index is 9.51. The second-order valence-electron chi connectivity index (χ2n) is 1.60. The van der Waals surface area contributed by atoms with Crippen LogP contribution >= 0.6 is 0 Å². The van der Waals surface area contributed by atoms with E-state index in [0.29, 0.717) is 0 Å². The normalized spacial score (nSPS) is 9.76. The smallest absolute Gasteiger partial charge is 0.366 e. The first-order valence-corrected chi connectivity index (χ1v) is 5.45. The molecule has 0 rings (SSSR count). The first-order valence-electron chi connectivity index (χ1n) is 2.72. The van der Waals surface area contributed by atoms with Crippen LogP contribution in [0.5, 0.6) is 0 Å². The van der Waals surface area contributed by atoms with E-state index in [4.69, 9.17) is 9.11 Å². The fourth-order valence-corrected chi connectivity index (χ4v) is 0.632. The Morgan fingerprint density at radius 3 is 1.29 bits per heavy atom. The molecule has 0 bridgehead atoms. The van der Waals surface area contributed by atoms with Gasteiger partial charge in [0.15, 0.2) is 0 Å². The van der Waals surface area contributed by atoms with E-state index < -0.39 is 26.7 Å². The molecule has 0 spiro atoms. The third kappa shape index (κ3) is 39.8. The van der Waals surface area contributed by atoms with E-state index in [1.54, 1.807) is 0 Å². The number of hydrogen-bond donors (Lipinski definition) is 5. The molecular weight excluding hydrogens is 286 g/mol. The van der Waals surface area contributed by atoms with Crippen molar-refractivity contribution >= 4 is 26.7 Å². The number of nitrogens with two attached hydrogens (primary N) is 1. The number of primary amides is 1. The van der Waals surface area contributed by atoms with Crippen LogP contribution in [0.25, 0.3) is 0 Å². The van der Waals surface area contributed by atoms with Crippen LogP contribution in [0.3, 0.4) is 0 Å². The molecule has 0 aliphatic carbocycles. The molecule has 0 heterocycles. The van der Waals surface area contributed by atoms with Gasteiger partial charge in [-0.25, -0.2) is 0 Å². The van der Waals surface area contributed by atoms with E-state index in [-0.39, 0.29) is 12.3 Å². The molecular formula is C3H13N3O9S2. The van der Waals surface area contributed by atoms with Gasteiger partial charge in [-0.05, 0) is 6.08 Å². The molecule has 0 atom stereocenters. The van der Waals surface area contributed by atoms with Gasteiger partial charge in [0.2, 0.25) is 5.91 Å². The minimum absolute atomic E-state index is 0. The highest BCUT2D eigenvalue weighted by atomic mass is 32.3. The van der Waals surface area contributed by atoms with Gasteiger partial charge in [-0.3, -0.25) is 13.9 Å². The second-order valence-corrected chi connectivity index (χ2v) is 3.58. The Hall–Kier alpha value is -1.13. The van der Waals surface area contributed by atoms with Crippen LogP contribution in [0.4, 0.5) is 0 Å². The van der Waals surface area contributed by atoms with Crippen LogP contribution in [0.1, 0.15) is 0 Å². The first kappa shape index (κ1) is 24.9. The molecule has 0 aliphatic heterocycles. The molecule has 14 heteroatoms. The van der Waals surface area contributed by atoms with Gasteiger partial charge in [0.05, 0.1) is 0 Å². The third-order valence-corrected chi connectivity index (χ3v) is 0.967. The van der Waals surface area contributed by atoms with Crippen molar-refractivity contribution < 1.29 is 39.4 Å². The number of rotatable bonds is 4. The Labute approximate surface area is 97.4 Å². The molecule has 0 saturated carbocycles. The average Bonchev–Trinajstić information content (AvgIpc) is 2.00. The summed E-state index contributed by atoms with van der Waals surface area (Å²) < 4.78 is 58.9. The zero-order chi connectivity index (χ0) is 12.7. The van der Waals surface area contributed by atoms with Gasteiger partial charge in [-0.1, -0.05) is 15.2 Å². The summed E-state index contributed by atoms with van der Waals surface area (Å²) in [5.74, 6) is -0.481. The molecule has 17 heavy (non-hydrogen) atoms. The van der Waals surface area contributed by atoms with Crippen LogP contribution in [0.2, 0.25) is 0 Å². The molecule has 0 aromatic carbocycles. The minimum Gasteiger partial charge on any atom is -0.366 e. The Morgan fingerprint density at radius 2 is 1.24 bits per heavy atom. The summed E-state index contributed by atoms with van der Waals surface area (Å²) in [6, 6.07) is 0. The highest BCUT2D eigenvalue weighted by molar-refractivity contribution is 7.83. The molecule has 0 unspecified atom stereocenters. The van der Waals surface area contributed by atoms with E-state index in [1.165, 1.54) is 0 Å². The molecule has 1 amide bonds. The summed E-state index contributed by atoms with van der Waals surface area (Å²) in [4.78, 5) is 9.47. The van der Waals surface area contributed by atoms with Gasteiger partial charge in [0, 0.05) is 0 Å². The maximum absolute atomic E-state index is 9.51. The standard InChI is InChI=1S/C3H5NO.2H3N.H2O8S2/c1-2-3(4)5;;;1-9(2,3)7-8-10(4,5)6/h2H,1H2,(H2,4,5);2*1H3;(H,1,2,3)(H,4,5,6). The van der Waals surface area contributed by atoms with Crippen LogP contribution in [-0.4, -0.2) is 31.8 Å². The van der Waals surface area contributed by atoms with E-state index in [9.17, 15) is 21.6 Å². The van der Waals surface area contributed by atoms with Crippen molar-refractivity contribution in [2.24, 2.45) is 5.73 Å². The maximum Gasteiger partial charge on any atom is 0.425 e. The first-order chi connectivity index (χ1) is 6.48. The summed E-state index contributed by atoms with van der Waals surface area (Å²) in [6.45, 7) is 3.09. The van der Waals surface area contributed by atoms with Gasteiger partial charge in [0.25, 0.3) is 0 Å². The van der Waals surface area contributed by atoms with Crippen LogP contribution < -0.4 is 18.0 Å². The fourth-order valence-electron chi connectivity index (χ4n) is 0.0702. The quantitative estimate of drug-likeness (QED) is 0.173. The zero-order valence-electron chi connectivity index (χ0n) is 8.34. The molecule has 0 aliphatic rings. The summed E-state index contributed by atoms with van der Waals surface area (Å²) in [5, 5.41) is 0. The van der Waals surface area contributed by atoms with Gasteiger partial charge in [-0.2, -0.15) is 16.8 Å². The Morgan fingerprint density at radius 1 is 1.06 bits per heavy atom. The molecule has 0 radical (unpaired) electrons. The molecule has 10 N–H and O–H groups in total. The SMILES string of the molecule is C=CC(N)=O.N.N.O=S(=O)(O)OOS(=O)(=O)O. The van der Waals surface area contributed by atoms with Crippen molar-refractivity contribution in [2.75, 3.05) is 0 Å². The monoisotopic (exact) mass is 299 g/mol. The predicted octanol–water partition coefficient (Wildman–Crippen LogP) is -1.48. The van der Waals surface area contributed by atoms with E-state index in [2.05, 4.69) is 21.0 Å². The lowest BCUT2D eigenvalue weighted by atomic mass is 10.6. The lowest BCUT2D eigenvalue weighted by molar-refractivity contribution is -0.113. The fraction of sp³-hybridized carbons (Fsp3) is 0. The van der Waals surface area contributed by atoms with Gasteiger partial charge < -0.3 is 18.0 Å². The molecule has 0 aromatic rings. The van der Waals surface area contributed by atoms with Crippen LogP contribution in [0.15, 0.2) is 12.7 Å². The van der Waals surface area contributed by atoms with Crippen LogP contribution in [0, 0.1) is 0 Å². The molecule has 12 nitrogen and oxygen atoms in total. The largest absolute Gasteiger partial charge is 0.425 e. The van der Waals surface area contributed by atoms with Crippen molar-refractivity contribution in [3.63, 3.8) is 0 Å². The van der Waals surface area contributed by atoms with Gasteiger partial charge in [0.1, 0.15) is 0 Å². The Balaban J connectivity index is -0.000000105. The number of carbonyl (C=O) groups excluding carboxylic acids is 1. The lowest BCUT2D eigenvalue weighted by Gasteiger charge is -1.92. The highest BCUT2D eigenvalue weighted by Gasteiger charge is 2.13. The van der Waals surface area contributed by atoms with Gasteiger partial charge >= 0.3 is 20.8 Å². The summed E-state index contributed by atoms with van der Waals surface area (Å²) in [7, 11) is -10.0. The lowest BCUT2D eigenvalue weighted by Crippen LogP contribution is -2.10. The summed E-state index contributed by atoms with van der Waals surface area (Å²) in [6.07, 6.45) is 1.06. The number of hydrogen-bond acceptors (Lipinski definition) is 9. The van der Waals surface area contributed by atoms with E-state index >= 15 is 0 Å². The molecule has 0 saturated heterocycles. The summed E-state index contributed by atoms with van der Waals surface area (Å²) >= 11 is 0. The summed E-state index contributed by atoms with van der Waals surface area (Å²) in [5.41, 5.74) is 4.53. The van der Waals surface area contributed by atoms with Crippen molar-refractivity contribution in [1.29, 1.82) is 0 Å². The minimum atomic E-state index is -5.02. The average molecular weight is 299 g/mol. The van der Waals surface area contributed by atoms with Crippen molar-refractivity contribution in [1.82, 2.24) is 12.3 Å².